The summed E-state index contributed by atoms with van der Waals surface area (Å²) in [7, 11) is 1.71. The minimum Gasteiger partial charge on any atom is -0.381 e. The van der Waals surface area contributed by atoms with E-state index >= 15 is 0 Å². The van der Waals surface area contributed by atoms with Crippen molar-refractivity contribution in [3.8, 4) is 0 Å². The normalized spacial score (nSPS) is 19.8. The van der Waals surface area contributed by atoms with E-state index in [9.17, 15) is 9.59 Å². The third-order valence-electron chi connectivity index (χ3n) is 5.34. The van der Waals surface area contributed by atoms with Crippen molar-refractivity contribution in [1.82, 2.24) is 19.7 Å². The SMILES string of the molecule is C[C@H]1C[C@@H](Nc2cc(=O)[nH]c3ccccc23)CCN1C(=O)c1cnn(C)c1Cl. The predicted molar refractivity (Wildman–Crippen MR) is 110 cm³/mol. The van der Waals surface area contributed by atoms with Crippen LogP contribution in [0.4, 0.5) is 5.69 Å². The molecule has 2 atom stereocenters. The Morgan fingerprint density at radius 3 is 2.86 bits per heavy atom. The number of benzene rings is 1. The van der Waals surface area contributed by atoms with Gasteiger partial charge in [0.25, 0.3) is 5.91 Å². The number of carbonyl (C=O) groups excluding carboxylic acids is 1. The van der Waals surface area contributed by atoms with Gasteiger partial charge in [-0.3, -0.25) is 14.3 Å². The minimum absolute atomic E-state index is 0.0447. The number of nitrogens with zero attached hydrogens (tertiary/aromatic N) is 3. The number of pyridine rings is 1. The van der Waals surface area contributed by atoms with Crippen LogP contribution in [0, 0.1) is 0 Å². The van der Waals surface area contributed by atoms with Crippen LogP contribution in [0.3, 0.4) is 0 Å². The molecule has 0 spiro atoms. The zero-order chi connectivity index (χ0) is 19.8. The molecular formula is C20H22ClN5O2. The van der Waals surface area contributed by atoms with Crippen molar-refractivity contribution >= 4 is 34.1 Å². The van der Waals surface area contributed by atoms with Gasteiger partial charge in [-0.2, -0.15) is 5.10 Å². The highest BCUT2D eigenvalue weighted by Crippen LogP contribution is 2.27. The Morgan fingerprint density at radius 1 is 1.36 bits per heavy atom. The van der Waals surface area contributed by atoms with Crippen molar-refractivity contribution in [2.75, 3.05) is 11.9 Å². The zero-order valence-electron chi connectivity index (χ0n) is 15.8. The lowest BCUT2D eigenvalue weighted by atomic mass is 9.97. The van der Waals surface area contributed by atoms with Gasteiger partial charge in [0.1, 0.15) is 5.15 Å². The molecule has 0 saturated carbocycles. The Hall–Kier alpha value is -2.80. The number of anilines is 1. The Bertz CT molecular complexity index is 1090. The number of halogens is 1. The number of amides is 1. The first kappa shape index (κ1) is 18.6. The highest BCUT2D eigenvalue weighted by atomic mass is 35.5. The molecule has 0 aliphatic carbocycles. The smallest absolute Gasteiger partial charge is 0.258 e. The highest BCUT2D eigenvalue weighted by molar-refractivity contribution is 6.32. The van der Waals surface area contributed by atoms with E-state index in [4.69, 9.17) is 11.6 Å². The second-order valence-corrected chi connectivity index (χ2v) is 7.64. The number of hydrogen-bond donors (Lipinski definition) is 2. The molecule has 1 aliphatic rings. The van der Waals surface area contributed by atoms with E-state index in [1.165, 1.54) is 10.9 Å². The fraction of sp³-hybridized carbons (Fsp3) is 0.350. The number of fused-ring (bicyclic) bond motifs is 1. The molecule has 1 fully saturated rings. The molecule has 2 aromatic heterocycles. The first-order valence-electron chi connectivity index (χ1n) is 9.31. The molecule has 7 nitrogen and oxygen atoms in total. The predicted octanol–water partition coefficient (Wildman–Crippen LogP) is 3.02. The third kappa shape index (κ3) is 3.38. The Morgan fingerprint density at radius 2 is 2.14 bits per heavy atom. The molecular weight excluding hydrogens is 378 g/mol. The Kier molecular flexibility index (Phi) is 4.85. The molecule has 4 rings (SSSR count). The number of carbonyl (C=O) groups is 1. The number of likely N-dealkylation sites (tertiary alicyclic amines) is 1. The minimum atomic E-state index is -0.131. The summed E-state index contributed by atoms with van der Waals surface area (Å²) in [5.74, 6) is -0.0920. The van der Waals surface area contributed by atoms with E-state index in [2.05, 4.69) is 15.4 Å². The summed E-state index contributed by atoms with van der Waals surface area (Å²) in [5, 5.41) is 8.90. The number of aryl methyl sites for hydroxylation is 1. The average molecular weight is 400 g/mol. The maximum Gasteiger partial charge on any atom is 0.258 e. The number of aromatic amines is 1. The van der Waals surface area contributed by atoms with Crippen LogP contribution in [-0.2, 0) is 7.05 Å². The van der Waals surface area contributed by atoms with Gasteiger partial charge in [0.15, 0.2) is 0 Å². The third-order valence-corrected chi connectivity index (χ3v) is 5.79. The summed E-state index contributed by atoms with van der Waals surface area (Å²) >= 11 is 6.18. The maximum atomic E-state index is 12.9. The largest absolute Gasteiger partial charge is 0.381 e. The lowest BCUT2D eigenvalue weighted by molar-refractivity contribution is 0.0625. The van der Waals surface area contributed by atoms with E-state index in [0.29, 0.717) is 17.3 Å². The molecule has 2 N–H and O–H groups in total. The number of piperidine rings is 1. The number of para-hydroxylation sites is 1. The number of H-pyrrole nitrogens is 1. The standard InChI is InChI=1S/C20H22ClN5O2/c1-12-9-13(7-8-26(12)20(28)15-11-22-25(2)19(15)21)23-17-10-18(27)24-16-6-4-3-5-14(16)17/h3-6,10-13H,7-9H2,1-2H3,(H2,23,24,27)/t12-,13-/m0/s1. The van der Waals surface area contributed by atoms with E-state index in [1.807, 2.05) is 36.1 Å². The Labute approximate surface area is 167 Å². The summed E-state index contributed by atoms with van der Waals surface area (Å²) in [6, 6.07) is 9.55. The number of nitrogens with one attached hydrogen (secondary N) is 2. The molecule has 1 aromatic carbocycles. The Balaban J connectivity index is 1.50. The molecule has 8 heteroatoms. The lowest BCUT2D eigenvalue weighted by Gasteiger charge is -2.38. The quantitative estimate of drug-likeness (QED) is 0.709. The van der Waals surface area contributed by atoms with Gasteiger partial charge < -0.3 is 15.2 Å². The van der Waals surface area contributed by atoms with Gasteiger partial charge in [-0.25, -0.2) is 0 Å². The van der Waals surface area contributed by atoms with Gasteiger partial charge in [0.2, 0.25) is 5.56 Å². The summed E-state index contributed by atoms with van der Waals surface area (Å²) in [6.45, 7) is 2.65. The van der Waals surface area contributed by atoms with Crippen LogP contribution >= 0.6 is 11.6 Å². The van der Waals surface area contributed by atoms with Crippen LogP contribution in [0.15, 0.2) is 41.3 Å². The van der Waals surface area contributed by atoms with Crippen LogP contribution in [0.25, 0.3) is 10.9 Å². The van der Waals surface area contributed by atoms with E-state index in [-0.39, 0.29) is 23.6 Å². The van der Waals surface area contributed by atoms with Crippen LogP contribution in [0.1, 0.15) is 30.1 Å². The van der Waals surface area contributed by atoms with Crippen LogP contribution in [0.2, 0.25) is 5.15 Å². The lowest BCUT2D eigenvalue weighted by Crippen LogP contribution is -2.48. The molecule has 1 amide bonds. The summed E-state index contributed by atoms with van der Waals surface area (Å²) < 4.78 is 1.49. The maximum absolute atomic E-state index is 12.9. The molecule has 1 saturated heterocycles. The van der Waals surface area contributed by atoms with Crippen LogP contribution < -0.4 is 10.9 Å². The molecule has 28 heavy (non-hydrogen) atoms. The summed E-state index contributed by atoms with van der Waals surface area (Å²) in [6.07, 6.45) is 3.09. The van der Waals surface area contributed by atoms with Crippen LogP contribution in [-0.4, -0.2) is 44.2 Å². The molecule has 3 heterocycles. The van der Waals surface area contributed by atoms with Gasteiger partial charge in [-0.15, -0.1) is 0 Å². The fourth-order valence-corrected chi connectivity index (χ4v) is 4.04. The molecule has 3 aromatic rings. The van der Waals surface area contributed by atoms with Crippen molar-refractivity contribution in [1.29, 1.82) is 0 Å². The van der Waals surface area contributed by atoms with Crippen LogP contribution in [0.5, 0.6) is 0 Å². The topological polar surface area (TPSA) is 83.0 Å². The molecule has 0 unspecified atom stereocenters. The van der Waals surface area contributed by atoms with Gasteiger partial charge in [-0.05, 0) is 25.8 Å². The van der Waals surface area contributed by atoms with Crippen molar-refractivity contribution < 1.29 is 4.79 Å². The van der Waals surface area contributed by atoms with Gasteiger partial charge in [-0.1, -0.05) is 29.8 Å². The summed E-state index contributed by atoms with van der Waals surface area (Å²) in [5.41, 5.74) is 1.94. The van der Waals surface area contributed by atoms with E-state index in [1.54, 1.807) is 13.1 Å². The van der Waals surface area contributed by atoms with Gasteiger partial charge in [0.05, 0.1) is 17.3 Å². The zero-order valence-corrected chi connectivity index (χ0v) is 16.5. The van der Waals surface area contributed by atoms with Gasteiger partial charge in [0, 0.05) is 42.8 Å². The second kappa shape index (κ2) is 7.31. The van der Waals surface area contributed by atoms with Crippen molar-refractivity contribution in [2.24, 2.45) is 7.05 Å². The summed E-state index contributed by atoms with van der Waals surface area (Å²) in [4.78, 5) is 29.5. The monoisotopic (exact) mass is 399 g/mol. The number of aromatic nitrogens is 3. The average Bonchev–Trinajstić information content (AvgIpc) is 3.00. The molecule has 0 bridgehead atoms. The molecule has 0 radical (unpaired) electrons. The molecule has 146 valence electrons. The second-order valence-electron chi connectivity index (χ2n) is 7.28. The highest BCUT2D eigenvalue weighted by Gasteiger charge is 2.31. The van der Waals surface area contributed by atoms with Crippen molar-refractivity contribution in [3.63, 3.8) is 0 Å². The number of hydrogen-bond acceptors (Lipinski definition) is 4. The number of rotatable bonds is 3. The van der Waals surface area contributed by atoms with E-state index < -0.39 is 0 Å². The van der Waals surface area contributed by atoms with E-state index in [0.717, 1.165) is 29.4 Å². The van der Waals surface area contributed by atoms with Crippen molar-refractivity contribution in [2.45, 2.75) is 31.8 Å². The van der Waals surface area contributed by atoms with Crippen molar-refractivity contribution in [3.05, 3.63) is 57.6 Å². The van der Waals surface area contributed by atoms with Gasteiger partial charge >= 0.3 is 0 Å². The fourth-order valence-electron chi connectivity index (χ4n) is 3.87. The molecule has 1 aliphatic heterocycles. The first-order valence-corrected chi connectivity index (χ1v) is 9.69. The first-order chi connectivity index (χ1) is 13.4.